The molecule has 3 aromatic rings. The van der Waals surface area contributed by atoms with Crippen LogP contribution in [0.15, 0.2) is 59.9 Å². The molecule has 1 aromatic heterocycles. The number of rotatable bonds is 6. The van der Waals surface area contributed by atoms with Crippen LogP contribution in [-0.4, -0.2) is 35.2 Å². The number of aromatic nitrogens is 1. The zero-order chi connectivity index (χ0) is 23.6. The lowest BCUT2D eigenvalue weighted by molar-refractivity contribution is -0.158. The Bertz CT molecular complexity index is 1290. The van der Waals surface area contributed by atoms with E-state index in [1.807, 2.05) is 6.07 Å². The number of alkyl halides is 2. The number of ether oxygens (including phenoxy) is 1. The summed E-state index contributed by atoms with van der Waals surface area (Å²) in [6.45, 7) is 1.47. The molecule has 0 saturated heterocycles. The van der Waals surface area contributed by atoms with E-state index in [0.29, 0.717) is 36.7 Å². The number of hydrogen-bond acceptors (Lipinski definition) is 5. The summed E-state index contributed by atoms with van der Waals surface area (Å²) in [6, 6.07) is 13.0. The van der Waals surface area contributed by atoms with Gasteiger partial charge in [0.15, 0.2) is 0 Å². The third-order valence-electron chi connectivity index (χ3n) is 5.23. The minimum atomic E-state index is -3.45. The molecule has 2 aromatic carbocycles. The van der Waals surface area contributed by atoms with Crippen LogP contribution < -0.4 is 4.74 Å². The van der Waals surface area contributed by atoms with E-state index in [-0.39, 0.29) is 17.2 Å². The van der Waals surface area contributed by atoms with Gasteiger partial charge >= 0.3 is 6.11 Å². The minimum absolute atomic E-state index is 0.146. The molecule has 1 aliphatic rings. The zero-order valence-corrected chi connectivity index (χ0v) is 18.0. The van der Waals surface area contributed by atoms with Gasteiger partial charge in [0.25, 0.3) is 5.91 Å². The lowest BCUT2D eigenvalue weighted by atomic mass is 10.00. The standard InChI is InChI=1S/C25H20F2N4O2/c1-25(26,27)33-23-9-18(6-7-21(23)17-5-3-4-16(8-17)10-28)24(32)31(2)15-20-13-29-11-19-12-30-14-22(19)20/h3-9,11-13H,14-15H2,1-2H3. The van der Waals surface area contributed by atoms with Crippen LogP contribution in [0.5, 0.6) is 5.75 Å². The molecule has 166 valence electrons. The van der Waals surface area contributed by atoms with Gasteiger partial charge in [-0.05, 0) is 47.0 Å². The molecule has 0 spiro atoms. The maximum absolute atomic E-state index is 13.8. The van der Waals surface area contributed by atoms with Gasteiger partial charge < -0.3 is 9.64 Å². The van der Waals surface area contributed by atoms with Crippen molar-refractivity contribution in [2.45, 2.75) is 26.1 Å². The van der Waals surface area contributed by atoms with Crippen molar-refractivity contribution in [3.05, 3.63) is 82.7 Å². The first-order chi connectivity index (χ1) is 15.7. The third kappa shape index (κ3) is 4.88. The zero-order valence-electron chi connectivity index (χ0n) is 18.0. The molecule has 0 aliphatic carbocycles. The van der Waals surface area contributed by atoms with Gasteiger partial charge in [0.2, 0.25) is 0 Å². The average molecular weight is 446 g/mol. The molecule has 0 saturated carbocycles. The Kier molecular flexibility index (Phi) is 5.88. The normalized spacial score (nSPS) is 12.2. The van der Waals surface area contributed by atoms with Crippen LogP contribution in [0.2, 0.25) is 0 Å². The number of halogens is 2. The van der Waals surface area contributed by atoms with Crippen molar-refractivity contribution in [2.75, 3.05) is 7.05 Å². The van der Waals surface area contributed by atoms with Crippen molar-refractivity contribution in [2.24, 2.45) is 4.99 Å². The number of aliphatic imine (C=N–C) groups is 1. The third-order valence-corrected chi connectivity index (χ3v) is 5.23. The summed E-state index contributed by atoms with van der Waals surface area (Å²) in [4.78, 5) is 23.0. The van der Waals surface area contributed by atoms with Crippen molar-refractivity contribution in [1.29, 1.82) is 5.26 Å². The first-order valence-electron chi connectivity index (χ1n) is 10.2. The first-order valence-corrected chi connectivity index (χ1v) is 10.2. The second-order valence-corrected chi connectivity index (χ2v) is 7.81. The highest BCUT2D eigenvalue weighted by Crippen LogP contribution is 2.35. The summed E-state index contributed by atoms with van der Waals surface area (Å²) < 4.78 is 32.4. The Morgan fingerprint density at radius 1 is 1.24 bits per heavy atom. The molecule has 2 heterocycles. The first kappa shape index (κ1) is 22.1. The number of nitrogens with zero attached hydrogens (tertiary/aromatic N) is 4. The Morgan fingerprint density at radius 2 is 2.06 bits per heavy atom. The quantitative estimate of drug-likeness (QED) is 0.544. The van der Waals surface area contributed by atoms with E-state index in [2.05, 4.69) is 9.98 Å². The number of amides is 1. The van der Waals surface area contributed by atoms with Gasteiger partial charge in [0, 0.05) is 55.8 Å². The van der Waals surface area contributed by atoms with Crippen LogP contribution in [0.1, 0.15) is 39.5 Å². The molecule has 0 bridgehead atoms. The lowest BCUT2D eigenvalue weighted by Crippen LogP contribution is -2.27. The summed E-state index contributed by atoms with van der Waals surface area (Å²) in [5.74, 6) is -0.499. The van der Waals surface area contributed by atoms with Gasteiger partial charge in [-0.2, -0.15) is 14.0 Å². The van der Waals surface area contributed by atoms with Crippen LogP contribution in [0.4, 0.5) is 8.78 Å². The highest BCUT2D eigenvalue weighted by atomic mass is 19.3. The van der Waals surface area contributed by atoms with Gasteiger partial charge in [-0.25, -0.2) is 0 Å². The van der Waals surface area contributed by atoms with Crippen molar-refractivity contribution in [1.82, 2.24) is 9.88 Å². The van der Waals surface area contributed by atoms with E-state index in [1.165, 1.54) is 11.0 Å². The number of pyridine rings is 1. The van der Waals surface area contributed by atoms with Gasteiger partial charge in [-0.1, -0.05) is 12.1 Å². The monoisotopic (exact) mass is 446 g/mol. The minimum Gasteiger partial charge on any atom is -0.432 e. The van der Waals surface area contributed by atoms with Crippen LogP contribution in [0, 0.1) is 11.3 Å². The molecule has 0 atom stereocenters. The van der Waals surface area contributed by atoms with Gasteiger partial charge in [0.1, 0.15) is 5.75 Å². The maximum Gasteiger partial charge on any atom is 0.394 e. The number of carbonyl (C=O) groups excluding carboxylic acids is 1. The fourth-order valence-electron chi connectivity index (χ4n) is 3.70. The maximum atomic E-state index is 13.8. The van der Waals surface area contributed by atoms with Gasteiger partial charge in [0.05, 0.1) is 18.2 Å². The summed E-state index contributed by atoms with van der Waals surface area (Å²) in [5, 5.41) is 9.16. The van der Waals surface area contributed by atoms with Crippen molar-refractivity contribution < 1.29 is 18.3 Å². The number of carbonyl (C=O) groups is 1. The van der Waals surface area contributed by atoms with E-state index in [0.717, 1.165) is 16.7 Å². The number of nitriles is 1. The number of benzene rings is 2. The molecular weight excluding hydrogens is 426 g/mol. The van der Waals surface area contributed by atoms with Crippen molar-refractivity contribution in [3.63, 3.8) is 0 Å². The molecule has 0 fully saturated rings. The van der Waals surface area contributed by atoms with E-state index in [4.69, 9.17) is 10.00 Å². The van der Waals surface area contributed by atoms with Crippen LogP contribution in [0.25, 0.3) is 11.1 Å². The van der Waals surface area contributed by atoms with E-state index < -0.39 is 6.11 Å². The SMILES string of the molecule is CN(Cc1cncc2c1CN=C2)C(=O)c1ccc(-c2cccc(C#N)c2)c(OC(C)(F)F)c1. The second-order valence-electron chi connectivity index (χ2n) is 7.81. The predicted molar refractivity (Wildman–Crippen MR) is 119 cm³/mol. The second kappa shape index (κ2) is 8.79. The molecule has 1 aliphatic heterocycles. The van der Waals surface area contributed by atoms with Gasteiger partial charge in [-0.3, -0.25) is 14.8 Å². The molecule has 0 radical (unpaired) electrons. The Morgan fingerprint density at radius 3 is 2.82 bits per heavy atom. The molecule has 4 rings (SSSR count). The Hall–Kier alpha value is -4.12. The molecular formula is C25H20F2N4O2. The topological polar surface area (TPSA) is 78.6 Å². The van der Waals surface area contributed by atoms with Crippen LogP contribution >= 0.6 is 0 Å². The summed E-state index contributed by atoms with van der Waals surface area (Å²) in [5.41, 5.74) is 4.30. The van der Waals surface area contributed by atoms with Gasteiger partial charge in [-0.15, -0.1) is 0 Å². The fraction of sp³-hybridized carbons (Fsp3) is 0.200. The van der Waals surface area contributed by atoms with Crippen molar-refractivity contribution in [3.8, 4) is 22.9 Å². The Balaban J connectivity index is 1.65. The molecule has 0 N–H and O–H groups in total. The summed E-state index contributed by atoms with van der Waals surface area (Å²) >= 11 is 0. The number of fused-ring (bicyclic) bond motifs is 1. The molecule has 6 nitrogen and oxygen atoms in total. The number of hydrogen-bond donors (Lipinski definition) is 0. The largest absolute Gasteiger partial charge is 0.432 e. The predicted octanol–water partition coefficient (Wildman–Crippen LogP) is 4.82. The van der Waals surface area contributed by atoms with Crippen LogP contribution in [-0.2, 0) is 13.1 Å². The summed E-state index contributed by atoms with van der Waals surface area (Å²) in [6.07, 6.45) is 1.73. The van der Waals surface area contributed by atoms with E-state index in [9.17, 15) is 13.6 Å². The smallest absolute Gasteiger partial charge is 0.394 e. The highest BCUT2D eigenvalue weighted by Gasteiger charge is 2.26. The molecule has 1 amide bonds. The van der Waals surface area contributed by atoms with E-state index >= 15 is 0 Å². The van der Waals surface area contributed by atoms with Crippen molar-refractivity contribution >= 4 is 12.1 Å². The molecule has 33 heavy (non-hydrogen) atoms. The molecule has 0 unspecified atom stereocenters. The Labute approximate surface area is 189 Å². The average Bonchev–Trinajstić information content (AvgIpc) is 3.27. The molecule has 8 heteroatoms. The van der Waals surface area contributed by atoms with E-state index in [1.54, 1.807) is 62.1 Å². The highest BCUT2D eigenvalue weighted by molar-refractivity contribution is 5.95. The lowest BCUT2D eigenvalue weighted by Gasteiger charge is -2.21. The fourth-order valence-corrected chi connectivity index (χ4v) is 3.70. The summed E-state index contributed by atoms with van der Waals surface area (Å²) in [7, 11) is 1.64. The van der Waals surface area contributed by atoms with Crippen LogP contribution in [0.3, 0.4) is 0 Å².